The van der Waals surface area contributed by atoms with Crippen molar-refractivity contribution in [2.24, 2.45) is 0 Å². The summed E-state index contributed by atoms with van der Waals surface area (Å²) in [6.45, 7) is 0. The molecular weight excluding hydrogens is 390 g/mol. The van der Waals surface area contributed by atoms with Crippen molar-refractivity contribution in [1.29, 1.82) is 5.26 Å². The Balaban J connectivity index is 1.55. The third-order valence-corrected chi connectivity index (χ3v) is 5.92. The zero-order valence-corrected chi connectivity index (χ0v) is 16.0. The molecule has 0 saturated carbocycles. The Morgan fingerprint density at radius 3 is 3.00 bits per heavy atom. The topological polar surface area (TPSA) is 99.9 Å². The Bertz CT molecular complexity index is 947. The van der Waals surface area contributed by atoms with Gasteiger partial charge in [-0.2, -0.15) is 5.26 Å². The number of hydrogen-bond donors (Lipinski definition) is 2. The van der Waals surface area contributed by atoms with Crippen molar-refractivity contribution in [2.75, 3.05) is 23.5 Å². The molecule has 3 aromatic rings. The number of nitriles is 1. The van der Waals surface area contributed by atoms with Crippen molar-refractivity contribution in [3.8, 4) is 11.8 Å². The number of hydrogen-bond acceptors (Lipinski definition) is 9. The predicted molar refractivity (Wildman–Crippen MR) is 105 cm³/mol. The van der Waals surface area contributed by atoms with E-state index in [1.807, 2.05) is 30.3 Å². The average Bonchev–Trinajstić information content (AvgIpc) is 3.29. The van der Waals surface area contributed by atoms with Gasteiger partial charge >= 0.3 is 0 Å². The number of nitrogens with zero attached hydrogens (tertiary/aromatic N) is 3. The van der Waals surface area contributed by atoms with E-state index < -0.39 is 0 Å². The molecule has 0 radical (unpaired) electrons. The summed E-state index contributed by atoms with van der Waals surface area (Å²) < 4.78 is 5.96. The van der Waals surface area contributed by atoms with Crippen LogP contribution in [-0.4, -0.2) is 29.0 Å². The molecule has 2 N–H and O–H groups in total. The molecule has 0 spiro atoms. The van der Waals surface area contributed by atoms with Gasteiger partial charge in [0.05, 0.1) is 24.1 Å². The molecule has 0 fully saturated rings. The highest BCUT2D eigenvalue weighted by Crippen LogP contribution is 2.31. The van der Waals surface area contributed by atoms with E-state index >= 15 is 0 Å². The van der Waals surface area contributed by atoms with Gasteiger partial charge in [0, 0.05) is 0 Å². The Hall–Kier alpha value is -2.61. The third-order valence-electron chi connectivity index (χ3n) is 3.12. The molecule has 0 bridgehead atoms. The molecule has 3 rings (SSSR count). The van der Waals surface area contributed by atoms with Crippen LogP contribution in [-0.2, 0) is 4.79 Å². The first-order valence-corrected chi connectivity index (χ1v) is 10.0. The number of ether oxygens (including phenoxy) is 1. The fourth-order valence-corrected chi connectivity index (χ4v) is 4.28. The number of thiophene rings is 1. The highest BCUT2D eigenvalue weighted by molar-refractivity contribution is 8.01. The van der Waals surface area contributed by atoms with E-state index in [9.17, 15) is 4.79 Å². The molecule has 7 nitrogen and oxygen atoms in total. The van der Waals surface area contributed by atoms with Crippen LogP contribution in [0.5, 0.6) is 5.75 Å². The van der Waals surface area contributed by atoms with Gasteiger partial charge in [-0.05, 0) is 23.6 Å². The summed E-state index contributed by atoms with van der Waals surface area (Å²) >= 11 is 3.96. The molecule has 0 atom stereocenters. The molecule has 26 heavy (non-hydrogen) atoms. The number of anilines is 3. The van der Waals surface area contributed by atoms with Gasteiger partial charge in [-0.3, -0.25) is 4.79 Å². The lowest BCUT2D eigenvalue weighted by molar-refractivity contribution is -0.113. The first-order chi connectivity index (χ1) is 12.7. The molecule has 0 aliphatic carbocycles. The Morgan fingerprint density at radius 1 is 1.35 bits per heavy atom. The van der Waals surface area contributed by atoms with Crippen LogP contribution >= 0.6 is 34.4 Å². The number of aromatic nitrogens is 2. The minimum absolute atomic E-state index is 0.187. The summed E-state index contributed by atoms with van der Waals surface area (Å²) in [6, 6.07) is 11.2. The maximum atomic E-state index is 12.0. The van der Waals surface area contributed by atoms with Gasteiger partial charge in [0.15, 0.2) is 4.34 Å². The van der Waals surface area contributed by atoms with Crippen LogP contribution in [0.2, 0.25) is 0 Å². The van der Waals surface area contributed by atoms with Crippen LogP contribution in [0.4, 0.5) is 15.8 Å². The van der Waals surface area contributed by atoms with Gasteiger partial charge in [0.1, 0.15) is 16.8 Å². The standard InChI is InChI=1S/C16H13N5O2S3/c1-23-12-5-3-2-4-11(12)18-15-20-21-16(26-15)25-9-13(22)19-14-10(8-17)6-7-24-14/h2-7H,9H2,1H3,(H,18,20)(H,19,22). The Labute approximate surface area is 162 Å². The molecule has 0 aliphatic heterocycles. The fraction of sp³-hybridized carbons (Fsp3) is 0.125. The van der Waals surface area contributed by atoms with E-state index in [0.717, 1.165) is 5.69 Å². The van der Waals surface area contributed by atoms with Crippen molar-refractivity contribution in [1.82, 2.24) is 10.2 Å². The number of para-hydroxylation sites is 2. The molecule has 0 unspecified atom stereocenters. The Morgan fingerprint density at radius 2 is 2.19 bits per heavy atom. The van der Waals surface area contributed by atoms with E-state index in [1.54, 1.807) is 18.6 Å². The number of carbonyl (C=O) groups is 1. The minimum Gasteiger partial charge on any atom is -0.495 e. The van der Waals surface area contributed by atoms with Gasteiger partial charge in [-0.1, -0.05) is 35.2 Å². The molecule has 0 saturated heterocycles. The molecule has 2 heterocycles. The van der Waals surface area contributed by atoms with Gasteiger partial charge in [0.2, 0.25) is 11.0 Å². The van der Waals surface area contributed by atoms with Crippen molar-refractivity contribution < 1.29 is 9.53 Å². The maximum Gasteiger partial charge on any atom is 0.235 e. The molecule has 0 aliphatic rings. The molecule has 1 amide bonds. The number of rotatable bonds is 7. The average molecular weight is 404 g/mol. The van der Waals surface area contributed by atoms with Crippen LogP contribution < -0.4 is 15.4 Å². The lowest BCUT2D eigenvalue weighted by atomic mass is 10.3. The second-order valence-electron chi connectivity index (χ2n) is 4.81. The summed E-state index contributed by atoms with van der Waals surface area (Å²) in [5.41, 5.74) is 1.26. The van der Waals surface area contributed by atoms with Crippen molar-refractivity contribution in [3.63, 3.8) is 0 Å². The van der Waals surface area contributed by atoms with Crippen LogP contribution in [0.1, 0.15) is 5.56 Å². The second kappa shape index (κ2) is 8.66. The number of amides is 1. The molecule has 2 aromatic heterocycles. The van der Waals surface area contributed by atoms with E-state index in [2.05, 4.69) is 20.8 Å². The predicted octanol–water partition coefficient (Wildman–Crippen LogP) is 3.95. The zero-order chi connectivity index (χ0) is 18.4. The number of thioether (sulfide) groups is 1. The van der Waals surface area contributed by atoms with Crippen LogP contribution in [0, 0.1) is 11.3 Å². The van der Waals surface area contributed by atoms with Crippen LogP contribution in [0.15, 0.2) is 40.1 Å². The van der Waals surface area contributed by atoms with Crippen LogP contribution in [0.3, 0.4) is 0 Å². The fourth-order valence-electron chi connectivity index (χ4n) is 1.97. The highest BCUT2D eigenvalue weighted by Gasteiger charge is 2.12. The lowest BCUT2D eigenvalue weighted by Gasteiger charge is -2.07. The quantitative estimate of drug-likeness (QED) is 0.576. The van der Waals surface area contributed by atoms with Gasteiger partial charge < -0.3 is 15.4 Å². The van der Waals surface area contributed by atoms with Gasteiger partial charge in [-0.15, -0.1) is 21.5 Å². The largest absolute Gasteiger partial charge is 0.495 e. The summed E-state index contributed by atoms with van der Waals surface area (Å²) in [6.07, 6.45) is 0. The van der Waals surface area contributed by atoms with Gasteiger partial charge in [-0.25, -0.2) is 0 Å². The smallest absolute Gasteiger partial charge is 0.235 e. The summed E-state index contributed by atoms with van der Waals surface area (Å²) in [5.74, 6) is 0.704. The molecular formula is C16H13N5O2S3. The first-order valence-electron chi connectivity index (χ1n) is 7.33. The van der Waals surface area contributed by atoms with Crippen molar-refractivity contribution >= 4 is 56.2 Å². The molecule has 132 valence electrons. The highest BCUT2D eigenvalue weighted by atomic mass is 32.2. The number of methoxy groups -OCH3 is 1. The zero-order valence-electron chi connectivity index (χ0n) is 13.6. The lowest BCUT2D eigenvalue weighted by Crippen LogP contribution is -2.13. The number of carbonyl (C=O) groups excluding carboxylic acids is 1. The summed E-state index contributed by atoms with van der Waals surface area (Å²) in [4.78, 5) is 12.0. The molecule has 1 aromatic carbocycles. The number of benzene rings is 1. The van der Waals surface area contributed by atoms with E-state index in [-0.39, 0.29) is 11.7 Å². The summed E-state index contributed by atoms with van der Waals surface area (Å²) in [7, 11) is 1.60. The first kappa shape index (κ1) is 18.2. The molecule has 10 heteroatoms. The van der Waals surface area contributed by atoms with E-state index in [4.69, 9.17) is 10.00 Å². The third kappa shape index (κ3) is 4.51. The maximum absolute atomic E-state index is 12.0. The van der Waals surface area contributed by atoms with E-state index in [0.29, 0.717) is 25.8 Å². The number of nitrogens with one attached hydrogen (secondary N) is 2. The van der Waals surface area contributed by atoms with Crippen molar-refractivity contribution in [3.05, 3.63) is 41.3 Å². The Kier molecular flexibility index (Phi) is 6.06. The van der Waals surface area contributed by atoms with E-state index in [1.165, 1.54) is 34.4 Å². The monoisotopic (exact) mass is 403 g/mol. The van der Waals surface area contributed by atoms with Crippen molar-refractivity contribution in [2.45, 2.75) is 4.34 Å². The van der Waals surface area contributed by atoms with Crippen LogP contribution in [0.25, 0.3) is 0 Å². The van der Waals surface area contributed by atoms with Gasteiger partial charge in [0.25, 0.3) is 0 Å². The normalized spacial score (nSPS) is 10.2. The minimum atomic E-state index is -0.191. The summed E-state index contributed by atoms with van der Waals surface area (Å²) in [5, 5.41) is 25.9. The SMILES string of the molecule is COc1ccccc1Nc1nnc(SCC(=O)Nc2sccc2C#N)s1. The second-order valence-corrected chi connectivity index (χ2v) is 7.93.